The largest absolute Gasteiger partial charge is 0.274 e. The van der Waals surface area contributed by atoms with Crippen LogP contribution in [0.2, 0.25) is 10.0 Å². The van der Waals surface area contributed by atoms with E-state index in [1.807, 2.05) is 48.5 Å². The second kappa shape index (κ2) is 9.12. The van der Waals surface area contributed by atoms with Crippen molar-refractivity contribution in [1.82, 2.24) is 5.01 Å². The van der Waals surface area contributed by atoms with Gasteiger partial charge in [0.15, 0.2) is 0 Å². The van der Waals surface area contributed by atoms with Crippen LogP contribution >= 0.6 is 23.2 Å². The molecule has 0 saturated heterocycles. The zero-order valence-electron chi connectivity index (χ0n) is 17.7. The van der Waals surface area contributed by atoms with Crippen molar-refractivity contribution in [3.05, 3.63) is 111 Å². The number of rotatable bonds is 3. The van der Waals surface area contributed by atoms with Gasteiger partial charge >= 0.3 is 0 Å². The van der Waals surface area contributed by atoms with Crippen LogP contribution in [0.1, 0.15) is 46.8 Å². The molecule has 1 amide bonds. The molecule has 0 N–H and O–H groups in total. The smallest absolute Gasteiger partial charge is 0.267 e. The number of hydrazone groups is 1. The molecule has 5 rings (SSSR count). The molecule has 1 aliphatic heterocycles. The summed E-state index contributed by atoms with van der Waals surface area (Å²) in [6.07, 6.45) is 4.96. The van der Waals surface area contributed by atoms with Crippen LogP contribution in [0.5, 0.6) is 0 Å². The highest BCUT2D eigenvalue weighted by Crippen LogP contribution is 2.45. The number of nitrogens with zero attached hydrogens (tertiary/aromatic N) is 2. The van der Waals surface area contributed by atoms with E-state index in [9.17, 15) is 9.18 Å². The Morgan fingerprint density at radius 1 is 0.939 bits per heavy atom. The number of carbonyl (C=O) groups is 1. The Morgan fingerprint density at radius 2 is 1.58 bits per heavy atom. The Hall–Kier alpha value is -2.95. The highest BCUT2D eigenvalue weighted by atomic mass is 35.5. The summed E-state index contributed by atoms with van der Waals surface area (Å²) in [5.41, 5.74) is 4.49. The fraction of sp³-hybridized carbons (Fsp3) is 0.185. The Kier molecular flexibility index (Phi) is 6.05. The van der Waals surface area contributed by atoms with Gasteiger partial charge in [-0.05, 0) is 90.6 Å². The van der Waals surface area contributed by atoms with Gasteiger partial charge in [0, 0.05) is 21.5 Å². The molecule has 1 heterocycles. The molecule has 0 spiro atoms. The molecule has 3 nitrogen and oxygen atoms in total. The van der Waals surface area contributed by atoms with Crippen molar-refractivity contribution in [2.45, 2.75) is 25.3 Å². The van der Waals surface area contributed by atoms with Gasteiger partial charge in [-0.2, -0.15) is 5.10 Å². The predicted octanol–water partition coefficient (Wildman–Crippen LogP) is 7.57. The minimum atomic E-state index is -0.379. The molecule has 0 radical (unpaired) electrons. The normalized spacial score (nSPS) is 21.1. The van der Waals surface area contributed by atoms with E-state index < -0.39 is 0 Å². The van der Waals surface area contributed by atoms with Gasteiger partial charge < -0.3 is 0 Å². The average molecular weight is 479 g/mol. The van der Waals surface area contributed by atoms with Gasteiger partial charge in [0.1, 0.15) is 5.82 Å². The van der Waals surface area contributed by atoms with Gasteiger partial charge in [0.05, 0.1) is 11.8 Å². The molecule has 2 aliphatic rings. The van der Waals surface area contributed by atoms with Crippen molar-refractivity contribution in [3.8, 4) is 0 Å². The summed E-state index contributed by atoms with van der Waals surface area (Å²) < 4.78 is 13.5. The third-order valence-corrected chi connectivity index (χ3v) is 6.73. The van der Waals surface area contributed by atoms with Crippen molar-refractivity contribution in [3.63, 3.8) is 0 Å². The first-order chi connectivity index (χ1) is 16.0. The Labute approximate surface area is 202 Å². The lowest BCUT2D eigenvalue weighted by molar-refractivity contribution is 0.0681. The van der Waals surface area contributed by atoms with Crippen LogP contribution in [0.4, 0.5) is 4.39 Å². The van der Waals surface area contributed by atoms with Gasteiger partial charge in [-0.15, -0.1) is 0 Å². The molecular formula is C27H21Cl2FN2O. The number of allylic oxidation sites excluding steroid dienone is 1. The van der Waals surface area contributed by atoms with Crippen LogP contribution in [0.3, 0.4) is 0 Å². The zero-order chi connectivity index (χ0) is 22.9. The summed E-state index contributed by atoms with van der Waals surface area (Å²) >= 11 is 12.2. The van der Waals surface area contributed by atoms with Gasteiger partial charge in [0.25, 0.3) is 5.91 Å². The molecule has 0 aromatic heterocycles. The zero-order valence-corrected chi connectivity index (χ0v) is 19.2. The first-order valence-electron chi connectivity index (χ1n) is 10.9. The molecule has 1 fully saturated rings. The second-order valence-corrected chi connectivity index (χ2v) is 9.23. The van der Waals surface area contributed by atoms with Crippen molar-refractivity contribution in [2.75, 3.05) is 0 Å². The topological polar surface area (TPSA) is 32.7 Å². The highest BCUT2D eigenvalue weighted by molar-refractivity contribution is 6.30. The summed E-state index contributed by atoms with van der Waals surface area (Å²) in [4.78, 5) is 13.5. The van der Waals surface area contributed by atoms with E-state index >= 15 is 0 Å². The molecule has 6 heteroatoms. The number of amides is 1. The maximum Gasteiger partial charge on any atom is 0.274 e. The molecule has 2 atom stereocenters. The number of hydrogen-bond donors (Lipinski definition) is 0. The third-order valence-electron chi connectivity index (χ3n) is 6.22. The summed E-state index contributed by atoms with van der Waals surface area (Å²) in [5, 5.41) is 7.76. The van der Waals surface area contributed by atoms with Crippen LogP contribution < -0.4 is 0 Å². The van der Waals surface area contributed by atoms with E-state index in [-0.39, 0.29) is 23.7 Å². The standard InChI is InChI=1S/C27H21Cl2FN2O/c28-21-10-4-17(5-11-21)16-20-2-1-3-24-25(20)31-32(26(24)18-6-12-22(29)13-7-18)27(33)19-8-14-23(30)15-9-19/h4-16,24,26H,1-3H2/b20-16-/t24-,26-/m1/s1. The Bertz CT molecular complexity index is 1230. The molecule has 3 aromatic carbocycles. The fourth-order valence-corrected chi connectivity index (χ4v) is 4.90. The van der Waals surface area contributed by atoms with E-state index in [1.54, 1.807) is 5.01 Å². The lowest BCUT2D eigenvalue weighted by Crippen LogP contribution is -2.31. The van der Waals surface area contributed by atoms with E-state index in [1.165, 1.54) is 24.3 Å². The summed E-state index contributed by atoms with van der Waals surface area (Å²) in [6, 6.07) is 20.6. The molecular weight excluding hydrogens is 458 g/mol. The van der Waals surface area contributed by atoms with Gasteiger partial charge in [-0.25, -0.2) is 9.40 Å². The minimum absolute atomic E-state index is 0.0721. The third kappa shape index (κ3) is 4.46. The number of benzene rings is 3. The lowest BCUT2D eigenvalue weighted by Gasteiger charge is -2.29. The highest BCUT2D eigenvalue weighted by Gasteiger charge is 2.43. The molecule has 33 heavy (non-hydrogen) atoms. The molecule has 0 bridgehead atoms. The second-order valence-electron chi connectivity index (χ2n) is 8.36. The van der Waals surface area contributed by atoms with Crippen molar-refractivity contribution in [1.29, 1.82) is 0 Å². The first kappa shape index (κ1) is 21.9. The molecule has 0 unspecified atom stereocenters. The van der Waals surface area contributed by atoms with Gasteiger partial charge in [-0.1, -0.05) is 47.5 Å². The molecule has 3 aromatic rings. The van der Waals surface area contributed by atoms with Gasteiger partial charge in [-0.3, -0.25) is 4.79 Å². The average Bonchev–Trinajstić information content (AvgIpc) is 3.22. The SMILES string of the molecule is O=C(c1ccc(F)cc1)N1N=C2/C(=C\c3ccc(Cl)cc3)CCC[C@H]2[C@H]1c1ccc(Cl)cc1. The molecule has 166 valence electrons. The molecule has 1 saturated carbocycles. The van der Waals surface area contributed by atoms with E-state index in [0.29, 0.717) is 15.6 Å². The molecule has 1 aliphatic carbocycles. The van der Waals surface area contributed by atoms with Crippen LogP contribution in [-0.4, -0.2) is 16.6 Å². The van der Waals surface area contributed by atoms with Crippen LogP contribution in [0.25, 0.3) is 6.08 Å². The fourth-order valence-electron chi connectivity index (χ4n) is 4.65. The number of hydrogen-bond acceptors (Lipinski definition) is 2. The maximum atomic E-state index is 13.5. The number of fused-ring (bicyclic) bond motifs is 1. The minimum Gasteiger partial charge on any atom is -0.267 e. The van der Waals surface area contributed by atoms with Gasteiger partial charge in [0.2, 0.25) is 0 Å². The van der Waals surface area contributed by atoms with Crippen molar-refractivity contribution >= 4 is 40.9 Å². The number of carbonyl (C=O) groups excluding carboxylic acids is 1. The van der Waals surface area contributed by atoms with E-state index in [2.05, 4.69) is 6.08 Å². The quantitative estimate of drug-likeness (QED) is 0.381. The van der Waals surface area contributed by atoms with Crippen molar-refractivity contribution < 1.29 is 9.18 Å². The van der Waals surface area contributed by atoms with Crippen molar-refractivity contribution in [2.24, 2.45) is 11.0 Å². The monoisotopic (exact) mass is 478 g/mol. The van der Waals surface area contributed by atoms with Crippen LogP contribution in [0, 0.1) is 11.7 Å². The van der Waals surface area contributed by atoms with Crippen LogP contribution in [-0.2, 0) is 0 Å². The first-order valence-corrected chi connectivity index (χ1v) is 11.6. The van der Waals surface area contributed by atoms with Crippen LogP contribution in [0.15, 0.2) is 83.5 Å². The summed E-state index contributed by atoms with van der Waals surface area (Å²) in [6.45, 7) is 0. The lowest BCUT2D eigenvalue weighted by atomic mass is 9.77. The summed E-state index contributed by atoms with van der Waals surface area (Å²) in [5.74, 6) is -0.555. The Morgan fingerprint density at radius 3 is 2.24 bits per heavy atom. The maximum absolute atomic E-state index is 13.5. The summed E-state index contributed by atoms with van der Waals surface area (Å²) in [7, 11) is 0. The number of halogens is 3. The Balaban J connectivity index is 1.57. The van der Waals surface area contributed by atoms with E-state index in [4.69, 9.17) is 28.3 Å². The predicted molar refractivity (Wildman–Crippen MR) is 131 cm³/mol. The van der Waals surface area contributed by atoms with E-state index in [0.717, 1.165) is 41.7 Å².